The lowest BCUT2D eigenvalue weighted by Crippen LogP contribution is -2.51. The molecule has 2 aliphatic rings. The molecule has 0 radical (unpaired) electrons. The molecule has 1 atom stereocenters. The number of benzene rings is 2. The fraction of sp³-hybridized carbons (Fsp3) is 0.375. The molecular weight excluding hydrogens is 408 g/mol. The summed E-state index contributed by atoms with van der Waals surface area (Å²) in [6, 6.07) is 15.5. The molecule has 0 bridgehead atoms. The van der Waals surface area contributed by atoms with Gasteiger partial charge in [-0.1, -0.05) is 23.4 Å². The van der Waals surface area contributed by atoms with Crippen LogP contribution in [-0.4, -0.2) is 65.7 Å². The monoisotopic (exact) mass is 434 g/mol. The van der Waals surface area contributed by atoms with E-state index in [0.29, 0.717) is 38.0 Å². The highest BCUT2D eigenvalue weighted by molar-refractivity contribution is 5.80. The third-order valence-electron chi connectivity index (χ3n) is 6.09. The van der Waals surface area contributed by atoms with Crippen LogP contribution < -0.4 is 9.47 Å². The number of para-hydroxylation sites is 1. The first-order valence-electron chi connectivity index (χ1n) is 10.9. The van der Waals surface area contributed by atoms with Crippen LogP contribution in [0.1, 0.15) is 11.5 Å². The predicted octanol–water partition coefficient (Wildman–Crippen LogP) is 2.64. The zero-order chi connectivity index (χ0) is 21.9. The number of nitrogens with zero attached hydrogens (tertiary/aromatic N) is 4. The van der Waals surface area contributed by atoms with E-state index in [1.165, 1.54) is 0 Å². The van der Waals surface area contributed by atoms with E-state index in [4.69, 9.17) is 14.0 Å². The molecule has 3 heterocycles. The molecule has 8 nitrogen and oxygen atoms in total. The Kier molecular flexibility index (Phi) is 5.77. The highest BCUT2D eigenvalue weighted by Crippen LogP contribution is 2.28. The molecule has 32 heavy (non-hydrogen) atoms. The van der Waals surface area contributed by atoms with E-state index in [2.05, 4.69) is 15.0 Å². The molecule has 3 aromatic rings. The van der Waals surface area contributed by atoms with Crippen molar-refractivity contribution in [3.05, 3.63) is 60.0 Å². The maximum absolute atomic E-state index is 13.0. The Morgan fingerprint density at radius 2 is 1.88 bits per heavy atom. The maximum Gasteiger partial charge on any atom is 0.241 e. The summed E-state index contributed by atoms with van der Waals surface area (Å²) in [6.45, 7) is 3.95. The van der Waals surface area contributed by atoms with Gasteiger partial charge in [0.2, 0.25) is 17.6 Å². The van der Waals surface area contributed by atoms with E-state index in [1.807, 2.05) is 53.4 Å². The summed E-state index contributed by atoms with van der Waals surface area (Å²) in [7, 11) is 1.64. The zero-order valence-electron chi connectivity index (χ0n) is 18.1. The van der Waals surface area contributed by atoms with Gasteiger partial charge in [0, 0.05) is 31.7 Å². The standard InChI is InChI=1S/C24H26N4O4/c1-30-20-8-6-17(7-9-20)23-25-22(32-26-23)15-27-10-12-28(13-11-27)24(29)19-14-18-4-2-3-5-21(18)31-16-19/h2-9,19H,10-16H2,1H3. The summed E-state index contributed by atoms with van der Waals surface area (Å²) in [5.74, 6) is 2.89. The van der Waals surface area contributed by atoms with E-state index in [9.17, 15) is 4.79 Å². The molecule has 1 fully saturated rings. The van der Waals surface area contributed by atoms with Crippen molar-refractivity contribution in [1.82, 2.24) is 19.9 Å². The van der Waals surface area contributed by atoms with E-state index in [1.54, 1.807) is 7.11 Å². The predicted molar refractivity (Wildman–Crippen MR) is 117 cm³/mol. The van der Waals surface area contributed by atoms with Gasteiger partial charge in [-0.05, 0) is 42.3 Å². The van der Waals surface area contributed by atoms with Crippen molar-refractivity contribution in [3.8, 4) is 22.9 Å². The molecule has 0 spiro atoms. The van der Waals surface area contributed by atoms with Crippen molar-refractivity contribution in [2.24, 2.45) is 5.92 Å². The lowest BCUT2D eigenvalue weighted by molar-refractivity contribution is -0.138. The first kappa shape index (κ1) is 20.5. The number of methoxy groups -OCH3 is 1. The third kappa shape index (κ3) is 4.31. The summed E-state index contributed by atoms with van der Waals surface area (Å²) in [5.41, 5.74) is 1.99. The number of aromatic nitrogens is 2. The lowest BCUT2D eigenvalue weighted by Gasteiger charge is -2.36. The van der Waals surface area contributed by atoms with Crippen molar-refractivity contribution in [2.75, 3.05) is 39.9 Å². The Morgan fingerprint density at radius 1 is 1.09 bits per heavy atom. The van der Waals surface area contributed by atoms with E-state index >= 15 is 0 Å². The summed E-state index contributed by atoms with van der Waals surface area (Å²) in [4.78, 5) is 21.7. The number of piperazine rings is 1. The summed E-state index contributed by atoms with van der Waals surface area (Å²) >= 11 is 0. The molecule has 1 unspecified atom stereocenters. The summed E-state index contributed by atoms with van der Waals surface area (Å²) < 4.78 is 16.4. The van der Waals surface area contributed by atoms with Gasteiger partial charge in [-0.2, -0.15) is 4.98 Å². The van der Waals surface area contributed by atoms with Crippen LogP contribution in [0, 0.1) is 5.92 Å². The van der Waals surface area contributed by atoms with Crippen LogP contribution in [0.5, 0.6) is 11.5 Å². The molecule has 8 heteroatoms. The minimum absolute atomic E-state index is 0.112. The lowest BCUT2D eigenvalue weighted by atomic mass is 9.95. The van der Waals surface area contributed by atoms with Crippen LogP contribution in [0.15, 0.2) is 53.1 Å². The van der Waals surface area contributed by atoms with Crippen molar-refractivity contribution in [2.45, 2.75) is 13.0 Å². The van der Waals surface area contributed by atoms with Gasteiger partial charge < -0.3 is 18.9 Å². The largest absolute Gasteiger partial charge is 0.497 e. The smallest absolute Gasteiger partial charge is 0.241 e. The van der Waals surface area contributed by atoms with Gasteiger partial charge in [0.1, 0.15) is 18.1 Å². The third-order valence-corrected chi connectivity index (χ3v) is 6.09. The van der Waals surface area contributed by atoms with Gasteiger partial charge in [0.25, 0.3) is 0 Å². The molecular formula is C24H26N4O4. The number of carbonyl (C=O) groups is 1. The highest BCUT2D eigenvalue weighted by atomic mass is 16.5. The first-order chi connectivity index (χ1) is 15.7. The number of ether oxygens (including phenoxy) is 2. The fourth-order valence-electron chi connectivity index (χ4n) is 4.24. The second-order valence-electron chi connectivity index (χ2n) is 8.16. The Hall–Kier alpha value is -3.39. The molecule has 0 saturated carbocycles. The average Bonchev–Trinajstić information content (AvgIpc) is 3.32. The van der Waals surface area contributed by atoms with E-state index in [-0.39, 0.29) is 11.8 Å². The van der Waals surface area contributed by atoms with Crippen molar-refractivity contribution < 1.29 is 18.8 Å². The molecule has 0 aliphatic carbocycles. The van der Waals surface area contributed by atoms with Gasteiger partial charge in [-0.25, -0.2) is 0 Å². The minimum atomic E-state index is -0.112. The Bertz CT molecular complexity index is 1070. The van der Waals surface area contributed by atoms with E-state index < -0.39 is 0 Å². The van der Waals surface area contributed by atoms with Crippen LogP contribution in [0.3, 0.4) is 0 Å². The van der Waals surface area contributed by atoms with Gasteiger partial charge in [-0.3, -0.25) is 9.69 Å². The van der Waals surface area contributed by atoms with Gasteiger partial charge in [-0.15, -0.1) is 0 Å². The van der Waals surface area contributed by atoms with Crippen molar-refractivity contribution in [3.63, 3.8) is 0 Å². The molecule has 0 N–H and O–H groups in total. The average molecular weight is 434 g/mol. The molecule has 2 aromatic carbocycles. The molecule has 1 saturated heterocycles. The van der Waals surface area contributed by atoms with Crippen LogP contribution >= 0.6 is 0 Å². The fourth-order valence-corrected chi connectivity index (χ4v) is 4.24. The Morgan fingerprint density at radius 3 is 2.66 bits per heavy atom. The van der Waals surface area contributed by atoms with Crippen LogP contribution in [0.4, 0.5) is 0 Å². The maximum atomic E-state index is 13.0. The number of amides is 1. The molecule has 5 rings (SSSR count). The summed E-state index contributed by atoms with van der Waals surface area (Å²) in [5, 5.41) is 4.10. The number of hydrogen-bond donors (Lipinski definition) is 0. The van der Waals surface area contributed by atoms with Gasteiger partial charge in [0.15, 0.2) is 0 Å². The Balaban J connectivity index is 1.14. The summed E-state index contributed by atoms with van der Waals surface area (Å²) in [6.07, 6.45) is 0.741. The highest BCUT2D eigenvalue weighted by Gasteiger charge is 2.31. The molecule has 166 valence electrons. The number of carbonyl (C=O) groups excluding carboxylic acids is 1. The topological polar surface area (TPSA) is 80.9 Å². The Labute approximate surface area is 186 Å². The first-order valence-corrected chi connectivity index (χ1v) is 10.9. The number of rotatable bonds is 5. The van der Waals surface area contributed by atoms with Crippen molar-refractivity contribution >= 4 is 5.91 Å². The van der Waals surface area contributed by atoms with Crippen LogP contribution in [0.2, 0.25) is 0 Å². The van der Waals surface area contributed by atoms with Gasteiger partial charge >= 0.3 is 0 Å². The van der Waals surface area contributed by atoms with Crippen molar-refractivity contribution in [1.29, 1.82) is 0 Å². The van der Waals surface area contributed by atoms with Crippen LogP contribution in [0.25, 0.3) is 11.4 Å². The molecule has 1 aromatic heterocycles. The van der Waals surface area contributed by atoms with Crippen LogP contribution in [-0.2, 0) is 17.8 Å². The quantitative estimate of drug-likeness (QED) is 0.611. The SMILES string of the molecule is COc1ccc(-c2noc(CN3CCN(C(=O)C4COc5ccccc5C4)CC3)n2)cc1. The van der Waals surface area contributed by atoms with Gasteiger partial charge in [0.05, 0.1) is 19.6 Å². The molecule has 1 amide bonds. The second-order valence-corrected chi connectivity index (χ2v) is 8.16. The zero-order valence-corrected chi connectivity index (χ0v) is 18.1. The normalized spacial score (nSPS) is 18.7. The number of fused-ring (bicyclic) bond motifs is 1. The second kappa shape index (κ2) is 9.00. The minimum Gasteiger partial charge on any atom is -0.497 e. The number of hydrogen-bond acceptors (Lipinski definition) is 7. The van der Waals surface area contributed by atoms with E-state index in [0.717, 1.165) is 42.1 Å². The molecule has 2 aliphatic heterocycles.